The van der Waals surface area contributed by atoms with Crippen molar-refractivity contribution in [1.82, 2.24) is 0 Å². The van der Waals surface area contributed by atoms with Crippen LogP contribution in [0.3, 0.4) is 0 Å². The first-order valence-corrected chi connectivity index (χ1v) is 7.15. The fourth-order valence-electron chi connectivity index (χ4n) is 2.00. The summed E-state index contributed by atoms with van der Waals surface area (Å²) in [7, 11) is 2.97. The molecule has 0 bridgehead atoms. The lowest BCUT2D eigenvalue weighted by Gasteiger charge is -2.19. The van der Waals surface area contributed by atoms with Crippen molar-refractivity contribution in [2.24, 2.45) is 0 Å². The number of carbonyl (C=O) groups is 2. The van der Waals surface area contributed by atoms with E-state index in [0.29, 0.717) is 23.3 Å². The largest absolute Gasteiger partial charge is 0.467 e. The summed E-state index contributed by atoms with van der Waals surface area (Å²) < 4.78 is 25.6. The van der Waals surface area contributed by atoms with Crippen LogP contribution in [-0.2, 0) is 23.8 Å². The molecule has 0 saturated carbocycles. The molecule has 1 unspecified atom stereocenters. The van der Waals surface area contributed by atoms with E-state index in [9.17, 15) is 9.59 Å². The van der Waals surface area contributed by atoms with Gasteiger partial charge in [-0.3, -0.25) is 4.79 Å². The highest BCUT2D eigenvalue weighted by Crippen LogP contribution is 2.36. The summed E-state index contributed by atoms with van der Waals surface area (Å²) >= 11 is 0. The van der Waals surface area contributed by atoms with Crippen molar-refractivity contribution in [3.63, 3.8) is 0 Å². The van der Waals surface area contributed by atoms with Crippen molar-refractivity contribution in [3.05, 3.63) is 23.8 Å². The van der Waals surface area contributed by atoms with Crippen LogP contribution in [0.25, 0.3) is 0 Å². The average molecular weight is 326 g/mol. The molecule has 1 atom stereocenters. The third-order valence-electron chi connectivity index (χ3n) is 2.92. The zero-order chi connectivity index (χ0) is 17.1. The van der Waals surface area contributed by atoms with Crippen LogP contribution in [0.2, 0.25) is 0 Å². The Bertz CT molecular complexity index is 475. The van der Waals surface area contributed by atoms with Crippen LogP contribution < -0.4 is 9.47 Å². The van der Waals surface area contributed by atoms with E-state index in [-0.39, 0.29) is 26.6 Å². The van der Waals surface area contributed by atoms with Crippen LogP contribution in [-0.4, -0.2) is 46.7 Å². The van der Waals surface area contributed by atoms with Gasteiger partial charge in [0.2, 0.25) is 0 Å². The van der Waals surface area contributed by atoms with E-state index in [1.54, 1.807) is 25.1 Å². The quantitative estimate of drug-likeness (QED) is 0.349. The Hall–Kier alpha value is -2.12. The van der Waals surface area contributed by atoms with Crippen LogP contribution >= 0.6 is 0 Å². The highest BCUT2D eigenvalue weighted by molar-refractivity contribution is 5.78. The molecule has 7 heteroatoms. The van der Waals surface area contributed by atoms with Gasteiger partial charge in [0.15, 0.2) is 13.6 Å². The van der Waals surface area contributed by atoms with Gasteiger partial charge < -0.3 is 28.5 Å². The normalized spacial score (nSPS) is 11.6. The van der Waals surface area contributed by atoms with Crippen molar-refractivity contribution < 1.29 is 33.3 Å². The van der Waals surface area contributed by atoms with E-state index in [1.807, 2.05) is 0 Å². The number of methoxy groups -OCH3 is 2. The molecule has 0 aliphatic rings. The van der Waals surface area contributed by atoms with Crippen LogP contribution in [0.15, 0.2) is 18.2 Å². The number of aldehydes is 1. The summed E-state index contributed by atoms with van der Waals surface area (Å²) in [4.78, 5) is 23.2. The molecular formula is C16H22O7. The van der Waals surface area contributed by atoms with Gasteiger partial charge in [0.1, 0.15) is 17.8 Å². The highest BCUT2D eigenvalue weighted by atomic mass is 16.7. The molecule has 0 aromatic heterocycles. The first-order chi connectivity index (χ1) is 11.2. The fraction of sp³-hybridized carbons (Fsp3) is 0.500. The minimum absolute atomic E-state index is 0.00567. The predicted molar refractivity (Wildman–Crippen MR) is 81.5 cm³/mol. The second-order valence-corrected chi connectivity index (χ2v) is 4.52. The van der Waals surface area contributed by atoms with Crippen molar-refractivity contribution >= 4 is 12.3 Å². The number of hydrogen-bond donors (Lipinski definition) is 0. The van der Waals surface area contributed by atoms with E-state index in [4.69, 9.17) is 23.7 Å². The summed E-state index contributed by atoms with van der Waals surface area (Å²) in [6.07, 6.45) is 0.569. The Kier molecular flexibility index (Phi) is 8.71. The zero-order valence-corrected chi connectivity index (χ0v) is 13.6. The maximum atomic E-state index is 11.7. The van der Waals surface area contributed by atoms with Crippen LogP contribution in [0.5, 0.6) is 11.5 Å². The Morgan fingerprint density at radius 3 is 2.13 bits per heavy atom. The van der Waals surface area contributed by atoms with Crippen LogP contribution in [0.4, 0.5) is 0 Å². The van der Waals surface area contributed by atoms with E-state index in [1.165, 1.54) is 14.2 Å². The molecular weight excluding hydrogens is 304 g/mol. The molecule has 0 heterocycles. The minimum Gasteiger partial charge on any atom is -0.467 e. The van der Waals surface area contributed by atoms with Gasteiger partial charge >= 0.3 is 5.97 Å². The molecule has 0 amide bonds. The second kappa shape index (κ2) is 10.6. The monoisotopic (exact) mass is 326 g/mol. The number of rotatable bonds is 11. The van der Waals surface area contributed by atoms with Gasteiger partial charge in [-0.05, 0) is 19.1 Å². The Morgan fingerprint density at radius 2 is 1.70 bits per heavy atom. The molecule has 0 aliphatic carbocycles. The summed E-state index contributed by atoms with van der Waals surface area (Å²) in [6, 6.07) is 5.07. The standard InChI is InChI=1S/C16H22O7/c1-4-21-15(18)8-12(9-17)16-13(22-10-19-2)6-5-7-14(16)23-11-20-3/h5-7,9,12H,4,8,10-11H2,1-3H3. The lowest BCUT2D eigenvalue weighted by atomic mass is 9.95. The summed E-state index contributed by atoms with van der Waals surface area (Å²) in [5.74, 6) is -0.415. The molecule has 0 aliphatic heterocycles. The smallest absolute Gasteiger partial charge is 0.306 e. The number of esters is 1. The van der Waals surface area contributed by atoms with E-state index < -0.39 is 11.9 Å². The molecule has 23 heavy (non-hydrogen) atoms. The molecule has 0 fully saturated rings. The Balaban J connectivity index is 3.13. The van der Waals surface area contributed by atoms with Gasteiger partial charge in [-0.1, -0.05) is 6.07 Å². The number of carbonyl (C=O) groups excluding carboxylic acids is 2. The molecule has 0 radical (unpaired) electrons. The van der Waals surface area contributed by atoms with Gasteiger partial charge in [0.05, 0.1) is 18.9 Å². The summed E-state index contributed by atoms with van der Waals surface area (Å²) in [5.41, 5.74) is 0.463. The van der Waals surface area contributed by atoms with Gasteiger partial charge in [-0.25, -0.2) is 0 Å². The summed E-state index contributed by atoms with van der Waals surface area (Å²) in [5, 5.41) is 0. The third kappa shape index (κ3) is 5.88. The van der Waals surface area contributed by atoms with Crippen molar-refractivity contribution in [2.45, 2.75) is 19.3 Å². The minimum atomic E-state index is -0.756. The van der Waals surface area contributed by atoms with Crippen LogP contribution in [0, 0.1) is 0 Å². The third-order valence-corrected chi connectivity index (χ3v) is 2.92. The molecule has 0 saturated heterocycles. The first kappa shape index (κ1) is 18.9. The van der Waals surface area contributed by atoms with E-state index in [2.05, 4.69) is 0 Å². The van der Waals surface area contributed by atoms with E-state index in [0.717, 1.165) is 0 Å². The SMILES string of the molecule is CCOC(=O)CC(C=O)c1c(OCOC)cccc1OCOC. The fourth-order valence-corrected chi connectivity index (χ4v) is 2.00. The van der Waals surface area contributed by atoms with Gasteiger partial charge in [0.25, 0.3) is 0 Å². The zero-order valence-electron chi connectivity index (χ0n) is 13.6. The maximum absolute atomic E-state index is 11.7. The highest BCUT2D eigenvalue weighted by Gasteiger charge is 2.24. The Morgan fingerprint density at radius 1 is 1.13 bits per heavy atom. The number of benzene rings is 1. The Labute approximate surface area is 135 Å². The predicted octanol–water partition coefficient (Wildman–Crippen LogP) is 1.89. The molecule has 1 rings (SSSR count). The van der Waals surface area contributed by atoms with Gasteiger partial charge in [-0.2, -0.15) is 0 Å². The molecule has 0 N–H and O–H groups in total. The second-order valence-electron chi connectivity index (χ2n) is 4.52. The number of ether oxygens (including phenoxy) is 5. The molecule has 0 spiro atoms. The lowest BCUT2D eigenvalue weighted by molar-refractivity contribution is -0.144. The lowest BCUT2D eigenvalue weighted by Crippen LogP contribution is -2.15. The van der Waals surface area contributed by atoms with Crippen molar-refractivity contribution in [1.29, 1.82) is 0 Å². The first-order valence-electron chi connectivity index (χ1n) is 7.15. The molecule has 1 aromatic carbocycles. The molecule has 1 aromatic rings. The van der Waals surface area contributed by atoms with Crippen molar-refractivity contribution in [2.75, 3.05) is 34.4 Å². The number of hydrogen-bond acceptors (Lipinski definition) is 7. The molecule has 128 valence electrons. The van der Waals surface area contributed by atoms with Gasteiger partial charge in [0, 0.05) is 19.8 Å². The van der Waals surface area contributed by atoms with Crippen LogP contribution in [0.1, 0.15) is 24.8 Å². The average Bonchev–Trinajstić information content (AvgIpc) is 2.56. The summed E-state index contributed by atoms with van der Waals surface area (Å²) in [6.45, 7) is 1.97. The van der Waals surface area contributed by atoms with Crippen molar-refractivity contribution in [3.8, 4) is 11.5 Å². The molecule has 7 nitrogen and oxygen atoms in total. The van der Waals surface area contributed by atoms with E-state index >= 15 is 0 Å². The topological polar surface area (TPSA) is 80.3 Å². The van der Waals surface area contributed by atoms with Gasteiger partial charge in [-0.15, -0.1) is 0 Å². The maximum Gasteiger partial charge on any atom is 0.306 e.